The van der Waals surface area contributed by atoms with Crippen molar-refractivity contribution in [2.24, 2.45) is 0 Å². The minimum atomic E-state index is -1.29. The summed E-state index contributed by atoms with van der Waals surface area (Å²) >= 11 is 0. The second kappa shape index (κ2) is 48.6. The van der Waals surface area contributed by atoms with Crippen LogP contribution in [-0.2, 0) is 50.1 Å². The summed E-state index contributed by atoms with van der Waals surface area (Å²) in [5.41, 5.74) is -2.56. The van der Waals surface area contributed by atoms with Gasteiger partial charge in [0.2, 0.25) is 0 Å². The molecule has 0 aliphatic carbocycles. The van der Waals surface area contributed by atoms with Gasteiger partial charge in [-0.15, -0.1) is 65.9 Å². The number of aromatic nitrogens is 8. The monoisotopic (exact) mass is 1880 g/mol. The van der Waals surface area contributed by atoms with E-state index in [1.54, 1.807) is 13.2 Å². The van der Waals surface area contributed by atoms with E-state index in [4.69, 9.17) is 23.7 Å². The molecule has 4 aromatic rings. The SMILES string of the molecule is C=C1NC(=O)N(C)C=C1[C@@H]1O[C@H](CCP(=C)(C)C)[C@@H](O)[C@H]1O.C=P(C)(C)CC[C@H]1O[C@@H](c2cn(CNCCC)c(=O)[nH]c2=O)[C@H](O)[C@@H]1O.C=P(C)(C)CC[C@H]1O[C@@H](c2cn(CNCCC)c(=O)[nH]c2=O)[C@H](O)[C@@H]1O.C=P(C)(C)CC[C@H]1O[C@@H](n2cc(CNCCC)c(=O)[nH]c2=O)[C@H](O)[C@@H]1O.C=P(C)(C)CC[C@H]1O[C@@H](n2cc(CNCCC)c(=O)[nH]c2=O)[C@H](O)[C@@H]1O. The predicted octanol–water partition coefficient (Wildman–Crippen LogP) is -0.354. The molecule has 0 unspecified atom stereocenters. The number of carbonyl (C=O) groups excluding carboxylic acids is 1. The van der Waals surface area contributed by atoms with Gasteiger partial charge in [0.15, 0.2) is 12.5 Å². The molecule has 10 rings (SSSR count). The van der Waals surface area contributed by atoms with Gasteiger partial charge in [-0.2, -0.15) is 0 Å². The fourth-order valence-corrected chi connectivity index (χ4v) is 19.1. The molecule has 10 heterocycles. The number of carbonyl (C=O) groups is 1. The Hall–Kier alpha value is -5.79. The molecule has 4 aromatic heterocycles. The summed E-state index contributed by atoms with van der Waals surface area (Å²) in [6.45, 7) is 30.4. The minimum Gasteiger partial charge on any atom is -0.388 e. The Morgan fingerprint density at radius 3 is 0.960 bits per heavy atom. The molecule has 19 N–H and O–H groups in total. The Morgan fingerprint density at radius 1 is 0.373 bits per heavy atom. The fraction of sp³-hybridized carbons (Fsp3) is 0.687. The number of aliphatic hydroxyl groups is 10. The zero-order chi connectivity index (χ0) is 94.6. The highest BCUT2D eigenvalue weighted by Gasteiger charge is 2.50. The molecule has 716 valence electrons. The van der Waals surface area contributed by atoms with Crippen LogP contribution in [0.25, 0.3) is 0 Å². The van der Waals surface area contributed by atoms with E-state index in [2.05, 4.69) is 151 Å². The summed E-state index contributed by atoms with van der Waals surface area (Å²) in [6.07, 6.45) is 19.9. The number of rotatable bonds is 36. The van der Waals surface area contributed by atoms with Crippen molar-refractivity contribution in [1.29, 1.82) is 0 Å². The molecule has 0 radical (unpaired) electrons. The van der Waals surface area contributed by atoms with Gasteiger partial charge in [-0.25, -0.2) is 24.0 Å². The number of H-pyrrole nitrogens is 4. The first-order chi connectivity index (χ1) is 58.6. The van der Waals surface area contributed by atoms with Crippen molar-refractivity contribution in [2.45, 2.75) is 234 Å². The Kier molecular flexibility index (Phi) is 42.0. The van der Waals surface area contributed by atoms with Crippen molar-refractivity contribution < 1.29 is 79.5 Å². The van der Waals surface area contributed by atoms with Crippen LogP contribution in [0, 0.1) is 0 Å². The maximum atomic E-state index is 12.2. The topological polar surface area (TPSA) is 548 Å². The van der Waals surface area contributed by atoms with Gasteiger partial charge < -0.3 is 95.6 Å². The lowest BCUT2D eigenvalue weighted by Crippen LogP contribution is -2.42. The highest BCUT2D eigenvalue weighted by molar-refractivity contribution is 7.73. The van der Waals surface area contributed by atoms with Crippen molar-refractivity contribution in [2.75, 3.05) is 131 Å². The zero-order valence-electron chi connectivity index (χ0n) is 75.9. The Labute approximate surface area is 736 Å². The summed E-state index contributed by atoms with van der Waals surface area (Å²) in [5.74, 6) is 0. The number of hydrogen-bond donors (Lipinski definition) is 19. The lowest BCUT2D eigenvalue weighted by atomic mass is 9.99. The quantitative estimate of drug-likeness (QED) is 0.0204. The summed E-state index contributed by atoms with van der Waals surface area (Å²) in [6, 6.07) is -0.290. The van der Waals surface area contributed by atoms with Gasteiger partial charge in [0.05, 0.1) is 55.0 Å². The van der Waals surface area contributed by atoms with Crippen molar-refractivity contribution in [3.8, 4) is 0 Å². The summed E-state index contributed by atoms with van der Waals surface area (Å²) in [7, 11) is 1.60. The van der Waals surface area contributed by atoms with E-state index in [-0.39, 0.29) is 30.5 Å². The van der Waals surface area contributed by atoms with Gasteiger partial charge >= 0.3 is 28.8 Å². The van der Waals surface area contributed by atoms with Gasteiger partial charge in [0.1, 0.15) is 79.4 Å². The predicted molar refractivity (Wildman–Crippen MR) is 508 cm³/mol. The first-order valence-electron chi connectivity index (χ1n) is 42.7. The van der Waals surface area contributed by atoms with Crippen molar-refractivity contribution >= 4 is 72.0 Å². The highest BCUT2D eigenvalue weighted by Crippen LogP contribution is 2.45. The third-order valence-corrected chi connectivity index (χ3v) is 29.0. The Bertz CT molecular complexity index is 4530. The lowest BCUT2D eigenvalue weighted by Gasteiger charge is -2.28. The van der Waals surface area contributed by atoms with E-state index >= 15 is 0 Å². The number of hydrogen-bond acceptors (Lipinski definition) is 28. The van der Waals surface area contributed by atoms with Gasteiger partial charge in [-0.05, 0) is 181 Å². The second-order valence-electron chi connectivity index (χ2n) is 36.6. The maximum absolute atomic E-state index is 12.2. The number of urea groups is 1. The van der Waals surface area contributed by atoms with Crippen LogP contribution in [-0.4, -0.2) is 360 Å². The number of nitrogens with zero attached hydrogens (tertiary/aromatic N) is 5. The van der Waals surface area contributed by atoms with Crippen LogP contribution in [0.3, 0.4) is 0 Å². The largest absolute Gasteiger partial charge is 0.388 e. The molecule has 2 amide bonds. The highest BCUT2D eigenvalue weighted by atomic mass is 31.2. The van der Waals surface area contributed by atoms with Crippen LogP contribution in [0.1, 0.15) is 132 Å². The lowest BCUT2D eigenvalue weighted by molar-refractivity contribution is -0.0404. The van der Waals surface area contributed by atoms with Crippen LogP contribution in [0.15, 0.2) is 87.2 Å². The molecule has 0 spiro atoms. The molecule has 5 fully saturated rings. The third-order valence-electron chi connectivity index (χ3n) is 21.6. The van der Waals surface area contributed by atoms with Crippen LogP contribution < -0.4 is 71.6 Å². The molecule has 20 atom stereocenters. The molecule has 5 saturated heterocycles. The van der Waals surface area contributed by atoms with E-state index < -0.39 is 202 Å². The molecule has 43 heteroatoms. The zero-order valence-corrected chi connectivity index (χ0v) is 80.4. The second-order valence-corrected chi connectivity index (χ2v) is 58.2. The Morgan fingerprint density at radius 2 is 0.651 bits per heavy atom. The number of amides is 2. The number of aliphatic hydroxyl groups excluding tert-OH is 10. The first-order valence-corrected chi connectivity index (χ1v) is 58.0. The number of ether oxygens (including phenoxy) is 5. The van der Waals surface area contributed by atoms with E-state index in [1.165, 1.54) is 38.8 Å². The van der Waals surface area contributed by atoms with Crippen molar-refractivity contribution in [3.05, 3.63) is 154 Å². The van der Waals surface area contributed by atoms with E-state index in [1.807, 2.05) is 27.7 Å². The standard InChI is InChI=1S/4C17H30N3O5P.C15H25N2O4P/c2*1-5-7-18-10-20-9-11(16(23)19-17(20)24)15-14(22)13(21)12(25-15)6-8-26(2,3)4;2*1-5-7-18-9-11-10-20(17(24)19-15(11)23)16-14(22)13(21)12(25-16)6-8-26(2,3)4;1-9-10(8-17(2)15(20)16-9)14-13(19)12(18)11(21-14)6-7-22(3,4)5/h2*9,12-15,18,21-22H,2,5-8,10H2,1,3-4H3,(H,19,23,24);2*10,12-14,16,18,21-22H,2,5-9H2,1,3-4H3,(H,19,23,24);8,11-14,18-19H,1,3,6-7H2,2,4-5H3,(H,16,20)/t2*12-,13-,14-,15+;2*12-,13-,14-,16-;11-,12-,13-,14+/m11111/s1. The molecule has 0 aromatic carbocycles. The first kappa shape index (κ1) is 109. The van der Waals surface area contributed by atoms with Gasteiger partial charge in [-0.3, -0.25) is 68.0 Å². The average molecular weight is 1880 g/mol. The maximum Gasteiger partial charge on any atom is 0.330 e. The van der Waals surface area contributed by atoms with Gasteiger partial charge in [0, 0.05) is 73.5 Å². The molecule has 0 saturated carbocycles. The number of aromatic amines is 4. The average Bonchev–Trinajstić information content (AvgIpc) is 1.68. The van der Waals surface area contributed by atoms with E-state index in [0.29, 0.717) is 67.6 Å². The molecule has 0 bridgehead atoms. The van der Waals surface area contributed by atoms with Crippen LogP contribution in [0.2, 0.25) is 0 Å². The smallest absolute Gasteiger partial charge is 0.330 e. The van der Waals surface area contributed by atoms with Crippen molar-refractivity contribution in [3.63, 3.8) is 0 Å². The minimum absolute atomic E-state index is 0.139. The molecule has 6 aliphatic heterocycles. The van der Waals surface area contributed by atoms with Gasteiger partial charge in [0.25, 0.3) is 22.2 Å². The molecular weight excluding hydrogens is 1730 g/mol. The normalized spacial score (nSPS) is 27.5. The number of nitrogens with one attached hydrogen (secondary N) is 9. The summed E-state index contributed by atoms with van der Waals surface area (Å²) < 4.78 is 34.0. The molecule has 126 heavy (non-hydrogen) atoms. The molecule has 38 nitrogen and oxygen atoms in total. The van der Waals surface area contributed by atoms with E-state index in [9.17, 15) is 94.2 Å². The fourth-order valence-electron chi connectivity index (χ4n) is 14.3. The van der Waals surface area contributed by atoms with Crippen molar-refractivity contribution in [1.82, 2.24) is 69.7 Å². The Balaban J connectivity index is 0.000000244. The third kappa shape index (κ3) is 32.3. The molecule has 6 aliphatic rings. The van der Waals surface area contributed by atoms with Crippen LogP contribution in [0.4, 0.5) is 4.79 Å². The summed E-state index contributed by atoms with van der Waals surface area (Å²) in [4.78, 5) is 119. The van der Waals surface area contributed by atoms with Crippen LogP contribution in [0.5, 0.6) is 0 Å². The van der Waals surface area contributed by atoms with Crippen LogP contribution >= 0.6 is 34.4 Å². The van der Waals surface area contributed by atoms with Gasteiger partial charge in [-0.1, -0.05) is 34.3 Å². The van der Waals surface area contributed by atoms with E-state index in [0.717, 1.165) is 91.8 Å². The molecular formula is C83H145N14O24P5. The summed E-state index contributed by atoms with van der Waals surface area (Å²) in [5, 5.41) is 118.